The lowest BCUT2D eigenvalue weighted by atomic mass is 9.79. The van der Waals surface area contributed by atoms with Gasteiger partial charge < -0.3 is 5.11 Å². The molecular formula is C36H45BrO2S. The minimum Gasteiger partial charge on any atom is -0.481 e. The average molecular weight is 622 g/mol. The lowest BCUT2D eigenvalue weighted by molar-refractivity contribution is -0.138. The summed E-state index contributed by atoms with van der Waals surface area (Å²) in [4.78, 5) is 12.1. The molecule has 0 aliphatic heterocycles. The second-order valence-electron chi connectivity index (χ2n) is 10.6. The zero-order chi connectivity index (χ0) is 29.5. The number of rotatable bonds is 7. The van der Waals surface area contributed by atoms with Crippen LogP contribution >= 0.6 is 27.7 Å². The smallest absolute Gasteiger partial charge is 0.303 e. The van der Waals surface area contributed by atoms with E-state index >= 15 is 0 Å². The van der Waals surface area contributed by atoms with Crippen LogP contribution in [0.1, 0.15) is 100 Å². The molecule has 4 rings (SSSR count). The first-order chi connectivity index (χ1) is 19.1. The highest BCUT2D eigenvalue weighted by atomic mass is 79.9. The van der Waals surface area contributed by atoms with Crippen LogP contribution in [-0.4, -0.2) is 11.1 Å². The fourth-order valence-corrected chi connectivity index (χ4v) is 5.11. The van der Waals surface area contributed by atoms with Gasteiger partial charge in [-0.25, -0.2) is 0 Å². The summed E-state index contributed by atoms with van der Waals surface area (Å²) in [5.74, 6) is 7.25. The highest BCUT2D eigenvalue weighted by Gasteiger charge is 2.20. The van der Waals surface area contributed by atoms with Crippen molar-refractivity contribution in [2.45, 2.75) is 91.9 Å². The Kier molecular flexibility index (Phi) is 15.2. The second kappa shape index (κ2) is 18.1. The van der Waals surface area contributed by atoms with Gasteiger partial charge in [0.25, 0.3) is 0 Å². The summed E-state index contributed by atoms with van der Waals surface area (Å²) >= 11 is 5.07. The molecule has 0 unspecified atom stereocenters. The van der Waals surface area contributed by atoms with E-state index in [9.17, 15) is 4.79 Å². The van der Waals surface area contributed by atoms with Gasteiger partial charge >= 0.3 is 5.97 Å². The third kappa shape index (κ3) is 12.4. The Bertz CT molecular complexity index is 1240. The Morgan fingerprint density at radius 3 is 2.12 bits per heavy atom. The quantitative estimate of drug-likeness (QED) is 0.313. The number of halogens is 1. The zero-order valence-electron chi connectivity index (χ0n) is 24.9. The maximum absolute atomic E-state index is 10.0. The molecule has 4 heteroatoms. The number of carbonyl (C=O) groups is 1. The van der Waals surface area contributed by atoms with Gasteiger partial charge in [-0.3, -0.25) is 4.79 Å². The lowest BCUT2D eigenvalue weighted by Crippen LogP contribution is -2.14. The summed E-state index contributed by atoms with van der Waals surface area (Å²) in [6, 6.07) is 15.2. The minimum absolute atomic E-state index is 0.389. The summed E-state index contributed by atoms with van der Waals surface area (Å²) in [6.45, 7) is 14.4. The number of hydrogen-bond acceptors (Lipinski definition) is 2. The van der Waals surface area contributed by atoms with Crippen molar-refractivity contribution in [3.63, 3.8) is 0 Å². The molecule has 0 atom stereocenters. The maximum Gasteiger partial charge on any atom is 0.303 e. The van der Waals surface area contributed by atoms with Gasteiger partial charge in [0.05, 0.1) is 4.91 Å². The van der Waals surface area contributed by atoms with E-state index < -0.39 is 5.97 Å². The highest BCUT2D eigenvalue weighted by Crippen LogP contribution is 2.36. The number of benzene rings is 2. The number of allylic oxidation sites excluding steroid dienone is 5. The molecule has 0 heterocycles. The van der Waals surface area contributed by atoms with Crippen LogP contribution in [0.25, 0.3) is 5.57 Å². The van der Waals surface area contributed by atoms with E-state index in [2.05, 4.69) is 91.5 Å². The van der Waals surface area contributed by atoms with Crippen molar-refractivity contribution in [2.24, 2.45) is 5.92 Å². The van der Waals surface area contributed by atoms with Crippen LogP contribution in [0.5, 0.6) is 0 Å². The van der Waals surface area contributed by atoms with Crippen LogP contribution < -0.4 is 0 Å². The molecule has 2 aliphatic rings. The lowest BCUT2D eigenvalue weighted by Gasteiger charge is -2.26. The van der Waals surface area contributed by atoms with Crippen molar-refractivity contribution in [2.75, 3.05) is 0 Å². The third-order valence-electron chi connectivity index (χ3n) is 7.23. The van der Waals surface area contributed by atoms with E-state index in [1.807, 2.05) is 32.1 Å². The van der Waals surface area contributed by atoms with Gasteiger partial charge in [0.2, 0.25) is 0 Å². The molecule has 0 spiro atoms. The Hall–Kier alpha value is -2.48. The predicted octanol–water partition coefficient (Wildman–Crippen LogP) is 11.2. The van der Waals surface area contributed by atoms with Crippen LogP contribution in [-0.2, 0) is 4.79 Å². The van der Waals surface area contributed by atoms with E-state index in [1.54, 1.807) is 17.3 Å². The molecule has 214 valence electrons. The average Bonchev–Trinajstić information content (AvgIpc) is 2.85. The van der Waals surface area contributed by atoms with Gasteiger partial charge in [-0.15, -0.1) is 0 Å². The van der Waals surface area contributed by atoms with E-state index in [1.165, 1.54) is 36.8 Å². The van der Waals surface area contributed by atoms with Crippen LogP contribution in [0.3, 0.4) is 0 Å². The SMILES string of the molecule is C=C(C)S/C(C#C/C(=C\CC)c1ccc(Br)cc1)=C\C.Cc1ccc(C2CCC2)cc1C.O=C(O)CC1CCC1. The Morgan fingerprint density at radius 1 is 1.05 bits per heavy atom. The number of aliphatic carboxylic acids is 1. The molecule has 1 N–H and O–H groups in total. The van der Waals surface area contributed by atoms with Gasteiger partial charge in [-0.05, 0) is 111 Å². The fourth-order valence-electron chi connectivity index (χ4n) is 4.25. The standard InChI is InChI=1S/C18H19BrS.C12H16.C6H10O2/c1-5-7-15(16-8-11-17(19)12-9-16)10-13-18(6-2)20-14(3)4;1-9-6-7-12(8-10(9)2)11-4-3-5-11;7-6(8)4-5-2-1-3-5/h6-9,11-12H,3,5H2,1-2,4H3;6-8,11H,3-5H2,1-2H3;5H,1-4H2,(H,7,8)/b15-7+,18-6-;;. The normalized spacial score (nSPS) is 15.2. The monoisotopic (exact) mass is 620 g/mol. The zero-order valence-corrected chi connectivity index (χ0v) is 27.3. The molecule has 2 aromatic rings. The van der Waals surface area contributed by atoms with E-state index in [0.717, 1.165) is 50.6 Å². The second-order valence-corrected chi connectivity index (χ2v) is 12.9. The van der Waals surface area contributed by atoms with E-state index in [-0.39, 0.29) is 0 Å². The summed E-state index contributed by atoms with van der Waals surface area (Å²) in [6.07, 6.45) is 13.3. The van der Waals surface area contributed by atoms with Crippen molar-refractivity contribution in [1.82, 2.24) is 0 Å². The summed E-state index contributed by atoms with van der Waals surface area (Å²) in [7, 11) is 0. The topological polar surface area (TPSA) is 37.3 Å². The molecule has 0 bridgehead atoms. The van der Waals surface area contributed by atoms with E-state index in [0.29, 0.717) is 12.3 Å². The molecular weight excluding hydrogens is 576 g/mol. The predicted molar refractivity (Wildman–Crippen MR) is 178 cm³/mol. The van der Waals surface area contributed by atoms with Crippen LogP contribution in [0.4, 0.5) is 0 Å². The Balaban J connectivity index is 0.000000234. The number of carboxylic acid groups (broad SMARTS) is 1. The van der Waals surface area contributed by atoms with E-state index in [4.69, 9.17) is 5.11 Å². The summed E-state index contributed by atoms with van der Waals surface area (Å²) in [5, 5.41) is 8.25. The molecule has 2 aromatic carbocycles. The summed E-state index contributed by atoms with van der Waals surface area (Å²) < 4.78 is 1.08. The Labute approximate surface area is 255 Å². The molecule has 2 fully saturated rings. The first-order valence-corrected chi connectivity index (χ1v) is 16.0. The van der Waals surface area contributed by atoms with Crippen molar-refractivity contribution in [3.05, 3.63) is 97.7 Å². The first-order valence-electron chi connectivity index (χ1n) is 14.4. The number of hydrogen-bond donors (Lipinski definition) is 1. The maximum atomic E-state index is 10.0. The molecule has 0 saturated heterocycles. The third-order valence-corrected chi connectivity index (χ3v) is 8.66. The minimum atomic E-state index is -0.644. The molecule has 40 heavy (non-hydrogen) atoms. The Morgan fingerprint density at radius 2 is 1.70 bits per heavy atom. The molecule has 2 aliphatic carbocycles. The van der Waals surface area contributed by atoms with Crippen LogP contribution in [0, 0.1) is 31.6 Å². The van der Waals surface area contributed by atoms with Crippen molar-refractivity contribution in [3.8, 4) is 11.8 Å². The highest BCUT2D eigenvalue weighted by molar-refractivity contribution is 9.10. The summed E-state index contributed by atoms with van der Waals surface area (Å²) in [5.41, 5.74) is 6.64. The fraction of sp³-hybridized carbons (Fsp3) is 0.417. The molecule has 2 saturated carbocycles. The first kappa shape index (κ1) is 33.7. The largest absolute Gasteiger partial charge is 0.481 e. The van der Waals surface area contributed by atoms with Gasteiger partial charge in [0.15, 0.2) is 0 Å². The molecule has 0 aromatic heterocycles. The van der Waals surface area contributed by atoms with Crippen molar-refractivity contribution < 1.29 is 9.90 Å². The van der Waals surface area contributed by atoms with Gasteiger partial charge in [0, 0.05) is 16.5 Å². The van der Waals surface area contributed by atoms with Gasteiger partial charge in [-0.2, -0.15) is 0 Å². The number of aryl methyl sites for hydroxylation is 2. The van der Waals surface area contributed by atoms with Crippen LogP contribution in [0.2, 0.25) is 0 Å². The van der Waals surface area contributed by atoms with Crippen LogP contribution in [0.15, 0.2) is 75.5 Å². The van der Waals surface area contributed by atoms with Crippen molar-refractivity contribution in [1.29, 1.82) is 0 Å². The van der Waals surface area contributed by atoms with Gasteiger partial charge in [-0.1, -0.05) is 108 Å². The molecule has 2 nitrogen and oxygen atoms in total. The van der Waals surface area contributed by atoms with Gasteiger partial charge in [0.1, 0.15) is 0 Å². The molecule has 0 radical (unpaired) electrons. The molecule has 0 amide bonds. The number of thioether (sulfide) groups is 1. The number of carboxylic acids is 1. The van der Waals surface area contributed by atoms with Crippen molar-refractivity contribution >= 4 is 39.2 Å².